The molecule has 1 N–H and O–H groups in total. The van der Waals surface area contributed by atoms with Gasteiger partial charge in [0.2, 0.25) is 0 Å². The van der Waals surface area contributed by atoms with Crippen LogP contribution in [0, 0.1) is 0 Å². The molecule has 5 heteroatoms. The fourth-order valence-corrected chi connectivity index (χ4v) is 3.56. The summed E-state index contributed by atoms with van der Waals surface area (Å²) in [4.78, 5) is 28.0. The Morgan fingerprint density at radius 2 is 1.91 bits per heavy atom. The van der Waals surface area contributed by atoms with Crippen molar-refractivity contribution in [2.24, 2.45) is 0 Å². The van der Waals surface area contributed by atoms with Crippen LogP contribution in [0.15, 0.2) is 30.3 Å². The summed E-state index contributed by atoms with van der Waals surface area (Å²) >= 11 is 0. The van der Waals surface area contributed by atoms with Crippen molar-refractivity contribution in [3.8, 4) is 0 Å². The minimum atomic E-state index is -0.772. The molecule has 2 aliphatic rings. The van der Waals surface area contributed by atoms with E-state index >= 15 is 0 Å². The van der Waals surface area contributed by atoms with E-state index in [1.807, 2.05) is 6.07 Å². The predicted octanol–water partition coefficient (Wildman–Crippen LogP) is 2.02. The third-order valence-corrected chi connectivity index (χ3v) is 4.87. The first-order valence-electron chi connectivity index (χ1n) is 8.39. The Morgan fingerprint density at radius 1 is 1.17 bits per heavy atom. The van der Waals surface area contributed by atoms with Crippen LogP contribution in [0.1, 0.15) is 32.3 Å². The summed E-state index contributed by atoms with van der Waals surface area (Å²) in [6.45, 7) is 5.78. The first kappa shape index (κ1) is 16.0. The molecule has 3 amide bonds. The number of nitrogens with one attached hydrogen (secondary N) is 1. The van der Waals surface area contributed by atoms with Crippen LogP contribution in [-0.4, -0.2) is 53.0 Å². The maximum absolute atomic E-state index is 12.2. The predicted molar refractivity (Wildman–Crippen MR) is 89.1 cm³/mol. The molecule has 0 bridgehead atoms. The maximum atomic E-state index is 12.2. The van der Waals surface area contributed by atoms with Crippen LogP contribution in [0.25, 0.3) is 0 Å². The van der Waals surface area contributed by atoms with Crippen molar-refractivity contribution in [3.63, 3.8) is 0 Å². The van der Waals surface area contributed by atoms with E-state index in [0.717, 1.165) is 19.5 Å². The smallest absolute Gasteiger partial charge is 0.324 e. The van der Waals surface area contributed by atoms with Gasteiger partial charge in [-0.1, -0.05) is 30.3 Å². The number of carbonyl (C=O) groups is 2. The summed E-state index contributed by atoms with van der Waals surface area (Å²) in [5, 5.41) is 2.74. The highest BCUT2D eigenvalue weighted by Gasteiger charge is 2.44. The van der Waals surface area contributed by atoms with Crippen LogP contribution in [-0.2, 0) is 11.2 Å². The van der Waals surface area contributed by atoms with Crippen molar-refractivity contribution in [2.45, 2.75) is 44.7 Å². The molecule has 2 saturated heterocycles. The lowest BCUT2D eigenvalue weighted by Crippen LogP contribution is -2.43. The standard InChI is InChI=1S/C18H25N3O2/c1-18(2)16(22)21(17(23)19-18)12-11-20-10-6-9-15(20)13-14-7-4-3-5-8-14/h3-5,7-8,15H,6,9-13H2,1-2H3,(H,19,23)/t15-/m0/s1. The monoisotopic (exact) mass is 315 g/mol. The molecule has 23 heavy (non-hydrogen) atoms. The number of rotatable bonds is 5. The molecule has 2 aliphatic heterocycles. The summed E-state index contributed by atoms with van der Waals surface area (Å²) in [7, 11) is 0. The number of hydrogen-bond acceptors (Lipinski definition) is 3. The number of benzene rings is 1. The van der Waals surface area contributed by atoms with Crippen LogP contribution in [0.3, 0.4) is 0 Å². The average molecular weight is 315 g/mol. The van der Waals surface area contributed by atoms with Gasteiger partial charge in [0.1, 0.15) is 5.54 Å². The number of urea groups is 1. The van der Waals surface area contributed by atoms with Gasteiger partial charge < -0.3 is 5.32 Å². The largest absolute Gasteiger partial charge is 0.325 e. The Hall–Kier alpha value is -1.88. The Kier molecular flexibility index (Phi) is 4.39. The van der Waals surface area contributed by atoms with Gasteiger partial charge >= 0.3 is 6.03 Å². The highest BCUT2D eigenvalue weighted by molar-refractivity contribution is 6.06. The lowest BCUT2D eigenvalue weighted by Gasteiger charge is -2.26. The molecule has 3 rings (SSSR count). The molecule has 0 aliphatic carbocycles. The highest BCUT2D eigenvalue weighted by atomic mass is 16.2. The zero-order valence-electron chi connectivity index (χ0n) is 13.9. The fourth-order valence-electron chi connectivity index (χ4n) is 3.56. The van der Waals surface area contributed by atoms with Crippen molar-refractivity contribution in [1.29, 1.82) is 0 Å². The zero-order valence-corrected chi connectivity index (χ0v) is 13.9. The number of nitrogens with zero attached hydrogens (tertiary/aromatic N) is 2. The second-order valence-electron chi connectivity index (χ2n) is 7.03. The van der Waals surface area contributed by atoms with Gasteiger partial charge in [-0.2, -0.15) is 0 Å². The Bertz CT molecular complexity index is 585. The molecule has 0 saturated carbocycles. The molecule has 0 spiro atoms. The average Bonchev–Trinajstić information content (AvgIpc) is 3.02. The van der Waals surface area contributed by atoms with E-state index < -0.39 is 5.54 Å². The molecule has 1 aromatic carbocycles. The summed E-state index contributed by atoms with van der Waals surface area (Å²) in [6.07, 6.45) is 3.40. The van der Waals surface area contributed by atoms with Gasteiger partial charge in [0, 0.05) is 19.1 Å². The third kappa shape index (κ3) is 3.39. The minimum absolute atomic E-state index is 0.124. The van der Waals surface area contributed by atoms with Gasteiger partial charge in [0.25, 0.3) is 5.91 Å². The summed E-state index contributed by atoms with van der Waals surface area (Å²) < 4.78 is 0. The van der Waals surface area contributed by atoms with Gasteiger partial charge in [-0.25, -0.2) is 4.79 Å². The topological polar surface area (TPSA) is 52.7 Å². The zero-order chi connectivity index (χ0) is 16.4. The van der Waals surface area contributed by atoms with Crippen LogP contribution in [0.4, 0.5) is 4.79 Å². The van der Waals surface area contributed by atoms with E-state index in [1.165, 1.54) is 23.3 Å². The molecule has 124 valence electrons. The number of carbonyl (C=O) groups excluding carboxylic acids is 2. The molecule has 1 atom stereocenters. The maximum Gasteiger partial charge on any atom is 0.325 e. The molecule has 0 radical (unpaired) electrons. The molecule has 5 nitrogen and oxygen atoms in total. The first-order valence-corrected chi connectivity index (χ1v) is 8.39. The third-order valence-electron chi connectivity index (χ3n) is 4.87. The van der Waals surface area contributed by atoms with Crippen molar-refractivity contribution in [3.05, 3.63) is 35.9 Å². The van der Waals surface area contributed by atoms with E-state index in [0.29, 0.717) is 12.6 Å². The molecule has 2 fully saturated rings. The quantitative estimate of drug-likeness (QED) is 0.846. The van der Waals surface area contributed by atoms with Gasteiger partial charge in [-0.15, -0.1) is 0 Å². The lowest BCUT2D eigenvalue weighted by atomic mass is 10.0. The van der Waals surface area contributed by atoms with Gasteiger partial charge in [0.05, 0.1) is 0 Å². The van der Waals surface area contributed by atoms with E-state index in [4.69, 9.17) is 0 Å². The lowest BCUT2D eigenvalue weighted by molar-refractivity contribution is -0.130. The summed E-state index contributed by atoms with van der Waals surface area (Å²) in [6, 6.07) is 10.8. The molecular weight excluding hydrogens is 290 g/mol. The molecule has 0 unspecified atom stereocenters. The number of amides is 3. The minimum Gasteiger partial charge on any atom is -0.324 e. The summed E-state index contributed by atoms with van der Waals surface area (Å²) in [5.74, 6) is -0.124. The molecular formula is C18H25N3O2. The highest BCUT2D eigenvalue weighted by Crippen LogP contribution is 2.22. The van der Waals surface area contributed by atoms with E-state index in [1.54, 1.807) is 13.8 Å². The second kappa shape index (κ2) is 6.32. The van der Waals surface area contributed by atoms with Crippen molar-refractivity contribution in [2.75, 3.05) is 19.6 Å². The van der Waals surface area contributed by atoms with E-state index in [-0.39, 0.29) is 11.9 Å². The van der Waals surface area contributed by atoms with Gasteiger partial charge in [-0.05, 0) is 45.2 Å². The Balaban J connectivity index is 1.57. The van der Waals surface area contributed by atoms with Crippen LogP contribution >= 0.6 is 0 Å². The van der Waals surface area contributed by atoms with Crippen LogP contribution in [0.5, 0.6) is 0 Å². The molecule has 0 aromatic heterocycles. The van der Waals surface area contributed by atoms with E-state index in [2.05, 4.69) is 34.5 Å². The first-order chi connectivity index (χ1) is 11.0. The number of hydrogen-bond donors (Lipinski definition) is 1. The van der Waals surface area contributed by atoms with Gasteiger partial charge in [-0.3, -0.25) is 14.6 Å². The number of imide groups is 1. The second-order valence-corrected chi connectivity index (χ2v) is 7.03. The van der Waals surface area contributed by atoms with Crippen molar-refractivity contribution in [1.82, 2.24) is 15.1 Å². The van der Waals surface area contributed by atoms with E-state index in [9.17, 15) is 9.59 Å². The van der Waals surface area contributed by atoms with Crippen molar-refractivity contribution < 1.29 is 9.59 Å². The normalized spacial score (nSPS) is 24.3. The summed E-state index contributed by atoms with van der Waals surface area (Å²) in [5.41, 5.74) is 0.575. The molecule has 2 heterocycles. The number of likely N-dealkylation sites (tertiary alicyclic amines) is 1. The van der Waals surface area contributed by atoms with Gasteiger partial charge in [0.15, 0.2) is 0 Å². The van der Waals surface area contributed by atoms with Crippen LogP contribution in [0.2, 0.25) is 0 Å². The fraction of sp³-hybridized carbons (Fsp3) is 0.556. The molecule has 1 aromatic rings. The Morgan fingerprint density at radius 3 is 2.57 bits per heavy atom. The Labute approximate surface area is 137 Å². The SMILES string of the molecule is CC1(C)NC(=O)N(CCN2CCC[C@H]2Cc2ccccc2)C1=O. The van der Waals surface area contributed by atoms with Crippen LogP contribution < -0.4 is 5.32 Å². The van der Waals surface area contributed by atoms with Crippen molar-refractivity contribution >= 4 is 11.9 Å².